The van der Waals surface area contributed by atoms with Crippen molar-refractivity contribution in [1.82, 2.24) is 0 Å². The molecular weight excluding hydrogens is 255 g/mol. The van der Waals surface area contributed by atoms with E-state index in [-0.39, 0.29) is 5.96 Å². The highest BCUT2D eigenvalue weighted by atomic mass is 31.2. The lowest BCUT2D eigenvalue weighted by atomic mass is 10.2. The summed E-state index contributed by atoms with van der Waals surface area (Å²) in [5.74, 6) is -0.987. The van der Waals surface area contributed by atoms with Gasteiger partial charge in [-0.3, -0.25) is 9.79 Å². The zero-order valence-corrected chi connectivity index (χ0v) is 9.82. The molecule has 0 aliphatic heterocycles. The summed E-state index contributed by atoms with van der Waals surface area (Å²) in [6.45, 7) is 0.420. The minimum Gasteiger partial charge on any atom is -0.480 e. The first-order valence-corrected chi connectivity index (χ1v) is 5.92. The number of guanidine groups is 1. The van der Waals surface area contributed by atoms with Crippen LogP contribution in [0.15, 0.2) is 4.99 Å². The van der Waals surface area contributed by atoms with Crippen molar-refractivity contribution in [2.75, 3.05) is 6.54 Å². The molecule has 0 bridgehead atoms. The average molecular weight is 272 g/mol. The first kappa shape index (κ1) is 18.2. The largest absolute Gasteiger partial charge is 0.480 e. The van der Waals surface area contributed by atoms with E-state index >= 15 is 0 Å². The number of hydrogen-bond acceptors (Lipinski definition) is 4. The van der Waals surface area contributed by atoms with E-state index in [1.807, 2.05) is 0 Å². The third-order valence-electron chi connectivity index (χ3n) is 1.28. The fourth-order valence-corrected chi connectivity index (χ4v) is 0.643. The van der Waals surface area contributed by atoms with Gasteiger partial charge in [0.1, 0.15) is 6.04 Å². The van der Waals surface area contributed by atoms with Gasteiger partial charge in [0.2, 0.25) is 0 Å². The number of rotatable bonds is 5. The van der Waals surface area contributed by atoms with Crippen LogP contribution in [0.1, 0.15) is 12.8 Å². The zero-order valence-electron chi connectivity index (χ0n) is 8.93. The van der Waals surface area contributed by atoms with Gasteiger partial charge in [-0.05, 0) is 12.8 Å². The van der Waals surface area contributed by atoms with E-state index < -0.39 is 19.8 Å². The number of nitrogens with two attached hydrogens (primary N) is 3. The summed E-state index contributed by atoms with van der Waals surface area (Å²) in [7, 11) is -4.64. The molecule has 0 saturated carbocycles. The Morgan fingerprint density at radius 3 is 2.00 bits per heavy atom. The van der Waals surface area contributed by atoms with E-state index in [0.717, 1.165) is 0 Å². The van der Waals surface area contributed by atoms with Crippen LogP contribution in [-0.4, -0.2) is 44.3 Å². The molecular formula is C6H17N4O6P. The highest BCUT2D eigenvalue weighted by molar-refractivity contribution is 7.45. The number of aliphatic imine (C=N–C) groups is 1. The molecule has 1 atom stereocenters. The molecule has 0 aromatic carbocycles. The Balaban J connectivity index is 0. The van der Waals surface area contributed by atoms with Gasteiger partial charge in [-0.2, -0.15) is 0 Å². The lowest BCUT2D eigenvalue weighted by Crippen LogP contribution is -2.30. The average Bonchev–Trinajstić information content (AvgIpc) is 2.08. The molecule has 102 valence electrons. The van der Waals surface area contributed by atoms with Crippen LogP contribution in [0.5, 0.6) is 0 Å². The first-order valence-electron chi connectivity index (χ1n) is 4.36. The Labute approximate surface area is 97.4 Å². The lowest BCUT2D eigenvalue weighted by Gasteiger charge is -2.03. The van der Waals surface area contributed by atoms with Gasteiger partial charge in [0, 0.05) is 6.54 Å². The number of aliphatic carboxylic acids is 1. The molecule has 0 spiro atoms. The third-order valence-corrected chi connectivity index (χ3v) is 1.28. The van der Waals surface area contributed by atoms with Crippen LogP contribution in [0.3, 0.4) is 0 Å². The second kappa shape index (κ2) is 8.90. The normalized spacial score (nSPS) is 12.0. The predicted octanol–water partition coefficient (Wildman–Crippen LogP) is -2.48. The molecule has 17 heavy (non-hydrogen) atoms. The summed E-state index contributed by atoms with van der Waals surface area (Å²) < 4.78 is 8.88. The molecule has 1 unspecified atom stereocenters. The van der Waals surface area contributed by atoms with E-state index in [2.05, 4.69) is 4.99 Å². The molecule has 0 aliphatic carbocycles. The van der Waals surface area contributed by atoms with E-state index in [1.165, 1.54) is 0 Å². The van der Waals surface area contributed by atoms with Crippen molar-refractivity contribution in [3.63, 3.8) is 0 Å². The summed E-state index contributed by atoms with van der Waals surface area (Å²) in [5.41, 5.74) is 15.3. The Morgan fingerprint density at radius 1 is 1.29 bits per heavy atom. The number of carboxylic acids is 1. The fraction of sp³-hybridized carbons (Fsp3) is 0.667. The van der Waals surface area contributed by atoms with Gasteiger partial charge in [0.05, 0.1) is 0 Å². The van der Waals surface area contributed by atoms with Gasteiger partial charge in [0.15, 0.2) is 5.96 Å². The number of nitrogens with zero attached hydrogens (tertiary/aromatic N) is 1. The van der Waals surface area contributed by atoms with Crippen LogP contribution in [0, 0.1) is 0 Å². The monoisotopic (exact) mass is 272 g/mol. The van der Waals surface area contributed by atoms with Crippen molar-refractivity contribution in [2.24, 2.45) is 22.2 Å². The maximum Gasteiger partial charge on any atom is 0.466 e. The first-order chi connectivity index (χ1) is 7.54. The van der Waals surface area contributed by atoms with Gasteiger partial charge in [-0.1, -0.05) is 0 Å². The zero-order chi connectivity index (χ0) is 14.1. The highest BCUT2D eigenvalue weighted by Gasteiger charge is 2.09. The van der Waals surface area contributed by atoms with Gasteiger partial charge in [-0.15, -0.1) is 0 Å². The fourth-order valence-electron chi connectivity index (χ4n) is 0.643. The second-order valence-electron chi connectivity index (χ2n) is 2.91. The molecule has 0 aromatic heterocycles. The van der Waals surface area contributed by atoms with Crippen molar-refractivity contribution in [3.05, 3.63) is 0 Å². The van der Waals surface area contributed by atoms with Crippen LogP contribution in [0.25, 0.3) is 0 Å². The minimum absolute atomic E-state index is 0.0129. The van der Waals surface area contributed by atoms with E-state index in [1.54, 1.807) is 0 Å². The Kier molecular flexibility index (Phi) is 9.52. The third kappa shape index (κ3) is 25.3. The molecule has 11 heteroatoms. The molecule has 10 nitrogen and oxygen atoms in total. The lowest BCUT2D eigenvalue weighted by molar-refractivity contribution is -0.138. The molecule has 10 N–H and O–H groups in total. The maximum absolute atomic E-state index is 10.2. The van der Waals surface area contributed by atoms with Crippen molar-refractivity contribution in [1.29, 1.82) is 0 Å². The highest BCUT2D eigenvalue weighted by Crippen LogP contribution is 2.25. The predicted molar refractivity (Wildman–Crippen MR) is 59.8 cm³/mol. The van der Waals surface area contributed by atoms with Crippen LogP contribution in [0.2, 0.25) is 0 Å². The van der Waals surface area contributed by atoms with Crippen molar-refractivity contribution >= 4 is 19.8 Å². The van der Waals surface area contributed by atoms with Gasteiger partial charge < -0.3 is 37.0 Å². The van der Waals surface area contributed by atoms with Crippen LogP contribution in [0.4, 0.5) is 0 Å². The minimum atomic E-state index is -4.64. The molecule has 0 aliphatic rings. The van der Waals surface area contributed by atoms with E-state index in [9.17, 15) is 4.79 Å². The van der Waals surface area contributed by atoms with Gasteiger partial charge in [-0.25, -0.2) is 4.57 Å². The number of hydrogen-bond donors (Lipinski definition) is 7. The molecule has 0 saturated heterocycles. The molecule has 0 fully saturated rings. The van der Waals surface area contributed by atoms with Crippen molar-refractivity contribution < 1.29 is 29.1 Å². The van der Waals surface area contributed by atoms with Crippen molar-refractivity contribution in [3.8, 4) is 0 Å². The molecule has 0 heterocycles. The summed E-state index contributed by atoms with van der Waals surface area (Å²) in [5, 5.41) is 8.38. The Hall–Kier alpha value is -1.19. The van der Waals surface area contributed by atoms with Crippen LogP contribution >= 0.6 is 7.82 Å². The summed E-state index contributed by atoms with van der Waals surface area (Å²) in [6.07, 6.45) is 0.956. The smallest absolute Gasteiger partial charge is 0.466 e. The van der Waals surface area contributed by atoms with Gasteiger partial charge >= 0.3 is 13.8 Å². The quantitative estimate of drug-likeness (QED) is 0.122. The second-order valence-corrected chi connectivity index (χ2v) is 3.93. The maximum atomic E-state index is 10.2. The Morgan fingerprint density at radius 2 is 1.71 bits per heavy atom. The van der Waals surface area contributed by atoms with Crippen LogP contribution in [-0.2, 0) is 9.36 Å². The van der Waals surface area contributed by atoms with E-state index in [0.29, 0.717) is 19.4 Å². The van der Waals surface area contributed by atoms with Crippen LogP contribution < -0.4 is 17.2 Å². The molecule has 0 rings (SSSR count). The molecule has 0 amide bonds. The molecule has 0 aromatic rings. The standard InChI is InChI=1S/C6H14N4O2.H3O4P/c7-4(5(11)12)2-1-3-10-6(8)9;1-5(2,3)4/h4H,1-3,7H2,(H,11,12)(H4,8,9,10);(H3,1,2,3,4). The summed E-state index contributed by atoms with van der Waals surface area (Å²) in [4.78, 5) is 35.5. The van der Waals surface area contributed by atoms with Gasteiger partial charge in [0.25, 0.3) is 0 Å². The number of carboxylic acid groups (broad SMARTS) is 1. The summed E-state index contributed by atoms with van der Waals surface area (Å²) >= 11 is 0. The Bertz CT molecular complexity index is 291. The SMILES string of the molecule is NC(N)=NCCCC(N)C(=O)O.O=P(O)(O)O. The van der Waals surface area contributed by atoms with Crippen molar-refractivity contribution in [2.45, 2.75) is 18.9 Å². The van der Waals surface area contributed by atoms with E-state index in [4.69, 9.17) is 41.6 Å². The number of carbonyl (C=O) groups is 1. The molecule has 0 radical (unpaired) electrons. The summed E-state index contributed by atoms with van der Waals surface area (Å²) in [6, 6.07) is -0.820. The number of phosphoric acid groups is 1. The topological polar surface area (TPSA) is 205 Å².